The van der Waals surface area contributed by atoms with E-state index in [1.54, 1.807) is 7.11 Å². The zero-order valence-corrected chi connectivity index (χ0v) is 14.5. The van der Waals surface area contributed by atoms with Gasteiger partial charge in [-0.15, -0.1) is 12.4 Å². The first kappa shape index (κ1) is 18.3. The Morgan fingerprint density at radius 1 is 1.52 bits per heavy atom. The average Bonchev–Trinajstić information content (AvgIpc) is 3.27. The quantitative estimate of drug-likeness (QED) is 0.768. The molecule has 1 amide bonds. The molecule has 1 aliphatic rings. The van der Waals surface area contributed by atoms with Gasteiger partial charge in [0, 0.05) is 19.0 Å². The molecule has 1 aromatic carbocycles. The lowest BCUT2D eigenvalue weighted by molar-refractivity contribution is -0.121. The standard InChI is InChI=1S/C15H21BrN2O2.ClH/c1-20-14-6-2-10(8-12(14)16)3-7-15(19)18-13(9-17)11-4-5-11;/h2,6,8,11,13H,3-5,7,9,17H2,1H3,(H,18,19);1H. The predicted molar refractivity (Wildman–Crippen MR) is 90.0 cm³/mol. The number of halogens is 2. The van der Waals surface area contributed by atoms with Crippen LogP contribution in [0, 0.1) is 5.92 Å². The molecule has 0 bridgehead atoms. The molecule has 4 nitrogen and oxygen atoms in total. The van der Waals surface area contributed by atoms with Gasteiger partial charge in [0.05, 0.1) is 11.6 Å². The number of methoxy groups -OCH3 is 1. The maximum atomic E-state index is 11.9. The van der Waals surface area contributed by atoms with E-state index in [4.69, 9.17) is 10.5 Å². The third kappa shape index (κ3) is 5.49. The van der Waals surface area contributed by atoms with Crippen molar-refractivity contribution < 1.29 is 9.53 Å². The first-order valence-corrected chi connectivity index (χ1v) is 7.75. The Morgan fingerprint density at radius 2 is 2.24 bits per heavy atom. The van der Waals surface area contributed by atoms with Crippen molar-refractivity contribution in [3.8, 4) is 5.75 Å². The van der Waals surface area contributed by atoms with Gasteiger partial charge in [0.2, 0.25) is 5.91 Å². The Balaban J connectivity index is 0.00000220. The number of hydrogen-bond donors (Lipinski definition) is 2. The second-order valence-electron chi connectivity index (χ2n) is 5.22. The average molecular weight is 378 g/mol. The number of amides is 1. The van der Waals surface area contributed by atoms with Gasteiger partial charge in [0.15, 0.2) is 0 Å². The third-order valence-electron chi connectivity index (χ3n) is 3.65. The summed E-state index contributed by atoms with van der Waals surface area (Å²) in [5.74, 6) is 1.48. The topological polar surface area (TPSA) is 64.3 Å². The number of aryl methyl sites for hydroxylation is 1. The lowest BCUT2D eigenvalue weighted by atomic mass is 10.1. The third-order valence-corrected chi connectivity index (χ3v) is 4.27. The van der Waals surface area contributed by atoms with E-state index in [-0.39, 0.29) is 24.4 Å². The van der Waals surface area contributed by atoms with E-state index < -0.39 is 0 Å². The lowest BCUT2D eigenvalue weighted by Crippen LogP contribution is -2.41. The minimum absolute atomic E-state index is 0. The Morgan fingerprint density at radius 3 is 2.76 bits per heavy atom. The number of carbonyl (C=O) groups is 1. The molecule has 118 valence electrons. The molecule has 0 heterocycles. The summed E-state index contributed by atoms with van der Waals surface area (Å²) in [4.78, 5) is 11.9. The minimum atomic E-state index is 0. The fraction of sp³-hybridized carbons (Fsp3) is 0.533. The molecule has 6 heteroatoms. The van der Waals surface area contributed by atoms with Crippen molar-refractivity contribution in [2.75, 3.05) is 13.7 Å². The molecular weight excluding hydrogens is 356 g/mol. The van der Waals surface area contributed by atoms with Crippen molar-refractivity contribution in [3.63, 3.8) is 0 Å². The number of carbonyl (C=O) groups excluding carboxylic acids is 1. The number of benzene rings is 1. The summed E-state index contributed by atoms with van der Waals surface area (Å²) in [6.07, 6.45) is 3.58. The highest BCUT2D eigenvalue weighted by Gasteiger charge is 2.30. The first-order chi connectivity index (χ1) is 9.63. The van der Waals surface area contributed by atoms with E-state index in [9.17, 15) is 4.79 Å². The van der Waals surface area contributed by atoms with Crippen molar-refractivity contribution in [2.24, 2.45) is 11.7 Å². The maximum Gasteiger partial charge on any atom is 0.220 e. The smallest absolute Gasteiger partial charge is 0.220 e. The monoisotopic (exact) mass is 376 g/mol. The van der Waals surface area contributed by atoms with E-state index in [2.05, 4.69) is 21.2 Å². The second kappa shape index (κ2) is 8.61. The van der Waals surface area contributed by atoms with Crippen LogP contribution in [0.2, 0.25) is 0 Å². The van der Waals surface area contributed by atoms with Crippen LogP contribution < -0.4 is 15.8 Å². The number of nitrogens with one attached hydrogen (secondary N) is 1. The van der Waals surface area contributed by atoms with Crippen LogP contribution in [0.1, 0.15) is 24.8 Å². The molecule has 0 saturated heterocycles. The molecule has 0 aliphatic heterocycles. The minimum Gasteiger partial charge on any atom is -0.496 e. The normalized spacial score (nSPS) is 15.0. The van der Waals surface area contributed by atoms with Crippen LogP contribution in [0.3, 0.4) is 0 Å². The van der Waals surface area contributed by atoms with Crippen LogP contribution in [0.25, 0.3) is 0 Å². The molecule has 1 fully saturated rings. The van der Waals surface area contributed by atoms with Crippen LogP contribution in [-0.4, -0.2) is 25.6 Å². The number of ether oxygens (including phenoxy) is 1. The molecule has 0 spiro atoms. The molecule has 0 aromatic heterocycles. The van der Waals surface area contributed by atoms with E-state index >= 15 is 0 Å². The van der Waals surface area contributed by atoms with Crippen LogP contribution in [0.4, 0.5) is 0 Å². The molecule has 2 rings (SSSR count). The van der Waals surface area contributed by atoms with E-state index in [1.807, 2.05) is 18.2 Å². The first-order valence-electron chi connectivity index (χ1n) is 6.96. The van der Waals surface area contributed by atoms with Gasteiger partial charge in [-0.05, 0) is 58.8 Å². The fourth-order valence-electron chi connectivity index (χ4n) is 2.27. The van der Waals surface area contributed by atoms with Crippen LogP contribution in [0.15, 0.2) is 22.7 Å². The molecule has 1 aromatic rings. The summed E-state index contributed by atoms with van der Waals surface area (Å²) in [6.45, 7) is 0.532. The van der Waals surface area contributed by atoms with E-state index in [0.717, 1.165) is 22.2 Å². The van der Waals surface area contributed by atoms with Crippen molar-refractivity contribution in [3.05, 3.63) is 28.2 Å². The summed E-state index contributed by atoms with van der Waals surface area (Å²) in [6, 6.07) is 6.04. The number of nitrogens with two attached hydrogens (primary N) is 1. The van der Waals surface area contributed by atoms with E-state index in [0.29, 0.717) is 18.9 Å². The van der Waals surface area contributed by atoms with Gasteiger partial charge < -0.3 is 15.8 Å². The van der Waals surface area contributed by atoms with Gasteiger partial charge in [-0.2, -0.15) is 0 Å². The van der Waals surface area contributed by atoms with Gasteiger partial charge in [-0.1, -0.05) is 6.07 Å². The van der Waals surface area contributed by atoms with Crippen LogP contribution in [-0.2, 0) is 11.2 Å². The van der Waals surface area contributed by atoms with Crippen molar-refractivity contribution >= 4 is 34.2 Å². The van der Waals surface area contributed by atoms with Gasteiger partial charge in [-0.25, -0.2) is 0 Å². The van der Waals surface area contributed by atoms with Crippen molar-refractivity contribution in [1.29, 1.82) is 0 Å². The Hall–Kier alpha value is -0.780. The highest BCUT2D eigenvalue weighted by atomic mass is 79.9. The van der Waals surface area contributed by atoms with Gasteiger partial charge in [0.25, 0.3) is 0 Å². The maximum absolute atomic E-state index is 11.9. The summed E-state index contributed by atoms with van der Waals surface area (Å²) in [7, 11) is 1.64. The Bertz CT molecular complexity index is 481. The zero-order valence-electron chi connectivity index (χ0n) is 12.1. The molecule has 1 saturated carbocycles. The summed E-state index contributed by atoms with van der Waals surface area (Å²) < 4.78 is 6.10. The zero-order chi connectivity index (χ0) is 14.5. The van der Waals surface area contributed by atoms with Gasteiger partial charge in [0.1, 0.15) is 5.75 Å². The second-order valence-corrected chi connectivity index (χ2v) is 6.07. The largest absolute Gasteiger partial charge is 0.496 e. The summed E-state index contributed by atoms with van der Waals surface area (Å²) >= 11 is 3.45. The summed E-state index contributed by atoms with van der Waals surface area (Å²) in [5.41, 5.74) is 6.80. The molecule has 0 radical (unpaired) electrons. The van der Waals surface area contributed by atoms with Crippen LogP contribution >= 0.6 is 28.3 Å². The highest BCUT2D eigenvalue weighted by molar-refractivity contribution is 9.10. The van der Waals surface area contributed by atoms with Gasteiger partial charge in [-0.3, -0.25) is 4.79 Å². The van der Waals surface area contributed by atoms with Crippen LogP contribution in [0.5, 0.6) is 5.75 Å². The lowest BCUT2D eigenvalue weighted by Gasteiger charge is -2.16. The summed E-state index contributed by atoms with van der Waals surface area (Å²) in [5, 5.41) is 3.04. The highest BCUT2D eigenvalue weighted by Crippen LogP contribution is 2.32. The number of rotatable bonds is 7. The Kier molecular flexibility index (Phi) is 7.49. The number of hydrogen-bond acceptors (Lipinski definition) is 3. The molecule has 1 atom stereocenters. The molecule has 1 unspecified atom stereocenters. The SMILES string of the molecule is COc1ccc(CCC(=O)NC(CN)C2CC2)cc1Br.Cl. The molecule has 1 aliphatic carbocycles. The van der Waals surface area contributed by atoms with Gasteiger partial charge >= 0.3 is 0 Å². The predicted octanol–water partition coefficient (Wildman–Crippen LogP) is 2.67. The van der Waals surface area contributed by atoms with Crippen molar-refractivity contribution in [2.45, 2.75) is 31.7 Å². The fourth-order valence-corrected chi connectivity index (χ4v) is 2.86. The van der Waals surface area contributed by atoms with E-state index in [1.165, 1.54) is 12.8 Å². The molecule has 21 heavy (non-hydrogen) atoms. The Labute approximate surface area is 140 Å². The molecule has 3 N–H and O–H groups in total. The van der Waals surface area contributed by atoms with Crippen molar-refractivity contribution in [1.82, 2.24) is 5.32 Å². The molecular formula is C15H22BrClN2O2.